The van der Waals surface area contributed by atoms with Gasteiger partial charge >= 0.3 is 0 Å². The molecule has 0 saturated heterocycles. The molecule has 0 radical (unpaired) electrons. The van der Waals surface area contributed by atoms with E-state index in [1.807, 2.05) is 30.3 Å². The molecule has 19 heavy (non-hydrogen) atoms. The number of hydrogen-bond acceptors (Lipinski definition) is 3. The van der Waals surface area contributed by atoms with Crippen LogP contribution in [-0.2, 0) is 9.53 Å². The van der Waals surface area contributed by atoms with Gasteiger partial charge in [0.2, 0.25) is 0 Å². The average Bonchev–Trinajstić information content (AvgIpc) is 2.44. The number of aliphatic hydroxyl groups excluding tert-OH is 1. The fourth-order valence-electron chi connectivity index (χ4n) is 2.54. The molecule has 1 N–H and O–H groups in total. The second-order valence-corrected chi connectivity index (χ2v) is 4.68. The maximum absolute atomic E-state index is 12.2. The molecule has 3 atom stereocenters. The predicted octanol–water partition coefficient (Wildman–Crippen LogP) is 2.44. The topological polar surface area (TPSA) is 46.5 Å². The fourth-order valence-corrected chi connectivity index (χ4v) is 2.54. The van der Waals surface area contributed by atoms with Crippen LogP contribution in [0.2, 0.25) is 0 Å². The van der Waals surface area contributed by atoms with Crippen molar-refractivity contribution >= 4 is 5.78 Å². The standard InChI is InChI=1S/C16H18O3/c1-3-12(11-7-5-4-6-8-11)13-9-15(18)16(19-2)10-14(13)17/h3-8,10,12-13,15,18H,1,9H2,2H3/t12-,13+,15-/m1/s1. The summed E-state index contributed by atoms with van der Waals surface area (Å²) in [6.07, 6.45) is 2.82. The molecule has 0 spiro atoms. The van der Waals surface area contributed by atoms with Gasteiger partial charge in [-0.25, -0.2) is 0 Å². The first-order valence-electron chi connectivity index (χ1n) is 6.32. The summed E-state index contributed by atoms with van der Waals surface area (Å²) in [6.45, 7) is 3.83. The maximum Gasteiger partial charge on any atom is 0.163 e. The Morgan fingerprint density at radius 2 is 2.11 bits per heavy atom. The van der Waals surface area contributed by atoms with Gasteiger partial charge < -0.3 is 9.84 Å². The molecule has 0 fully saturated rings. The van der Waals surface area contributed by atoms with Crippen LogP contribution in [0.3, 0.4) is 0 Å². The van der Waals surface area contributed by atoms with Crippen molar-refractivity contribution in [2.45, 2.75) is 18.4 Å². The van der Waals surface area contributed by atoms with Gasteiger partial charge in [-0.15, -0.1) is 6.58 Å². The first-order chi connectivity index (χ1) is 9.17. The van der Waals surface area contributed by atoms with Gasteiger partial charge in [-0.3, -0.25) is 4.79 Å². The van der Waals surface area contributed by atoms with Crippen LogP contribution in [0.25, 0.3) is 0 Å². The molecule has 0 aliphatic heterocycles. The Labute approximate surface area is 113 Å². The third kappa shape index (κ3) is 2.76. The van der Waals surface area contributed by atoms with E-state index in [-0.39, 0.29) is 17.6 Å². The minimum atomic E-state index is -0.723. The fraction of sp³-hybridized carbons (Fsp3) is 0.312. The summed E-state index contributed by atoms with van der Waals surface area (Å²) < 4.78 is 5.01. The summed E-state index contributed by atoms with van der Waals surface area (Å²) in [6, 6.07) is 9.76. The molecule has 1 aliphatic carbocycles. The van der Waals surface area contributed by atoms with Crippen LogP contribution in [0.1, 0.15) is 17.9 Å². The highest BCUT2D eigenvalue weighted by atomic mass is 16.5. The molecule has 3 heteroatoms. The molecule has 1 aliphatic rings. The molecule has 100 valence electrons. The van der Waals surface area contributed by atoms with Crippen LogP contribution in [-0.4, -0.2) is 24.1 Å². The van der Waals surface area contributed by atoms with E-state index in [1.54, 1.807) is 6.08 Å². The zero-order chi connectivity index (χ0) is 13.8. The van der Waals surface area contributed by atoms with Crippen LogP contribution in [0.4, 0.5) is 0 Å². The molecule has 0 unspecified atom stereocenters. The van der Waals surface area contributed by atoms with Crippen LogP contribution >= 0.6 is 0 Å². The van der Waals surface area contributed by atoms with E-state index in [4.69, 9.17) is 4.74 Å². The average molecular weight is 258 g/mol. The third-order valence-corrected chi connectivity index (χ3v) is 3.56. The number of carbonyl (C=O) groups is 1. The second kappa shape index (κ2) is 5.85. The number of methoxy groups -OCH3 is 1. The Kier molecular flexibility index (Phi) is 4.17. The Morgan fingerprint density at radius 3 is 2.68 bits per heavy atom. The smallest absolute Gasteiger partial charge is 0.163 e. The van der Waals surface area contributed by atoms with Gasteiger partial charge in [-0.2, -0.15) is 0 Å². The van der Waals surface area contributed by atoms with E-state index in [2.05, 4.69) is 6.58 Å². The van der Waals surface area contributed by atoms with Gasteiger partial charge in [0.1, 0.15) is 11.9 Å². The molecule has 3 nitrogen and oxygen atoms in total. The Balaban J connectivity index is 2.28. The number of aliphatic hydroxyl groups is 1. The zero-order valence-electron chi connectivity index (χ0n) is 11.0. The molecule has 2 rings (SSSR count). The predicted molar refractivity (Wildman–Crippen MR) is 73.6 cm³/mol. The summed E-state index contributed by atoms with van der Waals surface area (Å²) in [5, 5.41) is 9.97. The van der Waals surface area contributed by atoms with Crippen LogP contribution < -0.4 is 0 Å². The van der Waals surface area contributed by atoms with E-state index in [0.717, 1.165) is 5.56 Å². The normalized spacial score (nSPS) is 24.5. The van der Waals surface area contributed by atoms with Crippen LogP contribution in [0, 0.1) is 5.92 Å². The van der Waals surface area contributed by atoms with Crippen molar-refractivity contribution in [1.82, 2.24) is 0 Å². The van der Waals surface area contributed by atoms with E-state index in [0.29, 0.717) is 12.2 Å². The monoisotopic (exact) mass is 258 g/mol. The SMILES string of the molecule is C=C[C@H](c1ccccc1)[C@@H]1C[C@@H](O)C(OC)=CC1=O. The number of hydrogen-bond donors (Lipinski definition) is 1. The van der Waals surface area contributed by atoms with Crippen molar-refractivity contribution in [2.24, 2.45) is 5.92 Å². The number of ether oxygens (including phenoxy) is 1. The summed E-state index contributed by atoms with van der Waals surface area (Å²) in [5.74, 6) is -0.0418. The first kappa shape index (κ1) is 13.6. The number of carbonyl (C=O) groups excluding carboxylic acids is 1. The maximum atomic E-state index is 12.2. The van der Waals surface area contributed by atoms with Gasteiger partial charge in [0, 0.05) is 17.9 Å². The summed E-state index contributed by atoms with van der Waals surface area (Å²) in [4.78, 5) is 12.2. The number of ketones is 1. The zero-order valence-corrected chi connectivity index (χ0v) is 11.0. The van der Waals surface area contributed by atoms with E-state index in [9.17, 15) is 9.90 Å². The van der Waals surface area contributed by atoms with Gasteiger partial charge in [0.25, 0.3) is 0 Å². The lowest BCUT2D eigenvalue weighted by molar-refractivity contribution is -0.121. The molecule has 0 aromatic heterocycles. The quantitative estimate of drug-likeness (QED) is 0.844. The molecule has 0 bridgehead atoms. The molecular formula is C16H18O3. The summed E-state index contributed by atoms with van der Waals surface area (Å²) >= 11 is 0. The van der Waals surface area contributed by atoms with Gasteiger partial charge in [-0.1, -0.05) is 36.4 Å². The lowest BCUT2D eigenvalue weighted by atomic mass is 9.77. The van der Waals surface area contributed by atoms with Gasteiger partial charge in [0.05, 0.1) is 7.11 Å². The Bertz CT molecular complexity index is 490. The summed E-state index contributed by atoms with van der Waals surface area (Å²) in [7, 11) is 1.46. The van der Waals surface area contributed by atoms with Crippen molar-refractivity contribution in [2.75, 3.05) is 7.11 Å². The molecule has 0 saturated carbocycles. The van der Waals surface area contributed by atoms with Crippen LogP contribution in [0.15, 0.2) is 54.8 Å². The molecule has 1 aromatic rings. The van der Waals surface area contributed by atoms with Crippen molar-refractivity contribution in [1.29, 1.82) is 0 Å². The van der Waals surface area contributed by atoms with Crippen LogP contribution in [0.5, 0.6) is 0 Å². The Hall–Kier alpha value is -1.87. The first-order valence-corrected chi connectivity index (χ1v) is 6.32. The minimum Gasteiger partial charge on any atom is -0.498 e. The minimum absolute atomic E-state index is 0.0177. The molecular weight excluding hydrogens is 240 g/mol. The highest BCUT2D eigenvalue weighted by molar-refractivity contribution is 5.94. The van der Waals surface area contributed by atoms with E-state index < -0.39 is 6.10 Å². The van der Waals surface area contributed by atoms with Crippen molar-refractivity contribution in [3.8, 4) is 0 Å². The van der Waals surface area contributed by atoms with Crippen molar-refractivity contribution < 1.29 is 14.6 Å². The molecule has 0 amide bonds. The highest BCUT2D eigenvalue weighted by Crippen LogP contribution is 2.34. The molecule has 1 aromatic carbocycles. The molecule has 0 heterocycles. The number of rotatable bonds is 4. The summed E-state index contributed by atoms with van der Waals surface area (Å²) in [5.41, 5.74) is 1.04. The van der Waals surface area contributed by atoms with E-state index >= 15 is 0 Å². The van der Waals surface area contributed by atoms with Crippen molar-refractivity contribution in [3.05, 3.63) is 60.4 Å². The lowest BCUT2D eigenvalue weighted by Crippen LogP contribution is -2.31. The largest absolute Gasteiger partial charge is 0.498 e. The number of benzene rings is 1. The third-order valence-electron chi connectivity index (χ3n) is 3.56. The number of allylic oxidation sites excluding steroid dienone is 2. The lowest BCUT2D eigenvalue weighted by Gasteiger charge is -2.29. The highest BCUT2D eigenvalue weighted by Gasteiger charge is 2.34. The second-order valence-electron chi connectivity index (χ2n) is 4.68. The van der Waals surface area contributed by atoms with Crippen molar-refractivity contribution in [3.63, 3.8) is 0 Å². The Morgan fingerprint density at radius 1 is 1.42 bits per heavy atom. The van der Waals surface area contributed by atoms with E-state index in [1.165, 1.54) is 13.2 Å². The van der Waals surface area contributed by atoms with Gasteiger partial charge in [0.15, 0.2) is 5.78 Å². The van der Waals surface area contributed by atoms with Gasteiger partial charge in [-0.05, 0) is 12.0 Å².